The van der Waals surface area contributed by atoms with Crippen molar-refractivity contribution < 1.29 is 23.6 Å². The van der Waals surface area contributed by atoms with Gasteiger partial charge in [-0.05, 0) is 55.3 Å². The Labute approximate surface area is 230 Å². The van der Waals surface area contributed by atoms with Gasteiger partial charge in [0.1, 0.15) is 0 Å². The summed E-state index contributed by atoms with van der Waals surface area (Å²) in [5, 5.41) is 0.438. The van der Waals surface area contributed by atoms with Crippen LogP contribution in [-0.4, -0.2) is 72.7 Å². The maximum atomic E-state index is 13.5. The van der Waals surface area contributed by atoms with E-state index in [2.05, 4.69) is 0 Å². The molecule has 2 fully saturated rings. The summed E-state index contributed by atoms with van der Waals surface area (Å²) in [4.78, 5) is 59.6. The van der Waals surface area contributed by atoms with Crippen molar-refractivity contribution in [3.05, 3.63) is 82.8 Å². The molecule has 3 aliphatic rings. The van der Waals surface area contributed by atoms with Crippen molar-refractivity contribution in [3.63, 3.8) is 0 Å². The van der Waals surface area contributed by atoms with E-state index in [1.54, 1.807) is 53.4 Å². The van der Waals surface area contributed by atoms with Gasteiger partial charge in [0, 0.05) is 44.3 Å². The highest BCUT2D eigenvalue weighted by Crippen LogP contribution is 2.37. The predicted octanol–water partition coefficient (Wildman–Crippen LogP) is 3.93. The molecule has 2 saturated heterocycles. The summed E-state index contributed by atoms with van der Waals surface area (Å²) in [7, 11) is 0. The van der Waals surface area contributed by atoms with E-state index in [1.165, 1.54) is 6.26 Å². The van der Waals surface area contributed by atoms with Crippen molar-refractivity contribution in [2.24, 2.45) is 5.92 Å². The number of nitrogens with zero attached hydrogens (tertiary/aromatic N) is 4. The lowest BCUT2D eigenvalue weighted by Crippen LogP contribution is -2.53. The second-order valence-corrected chi connectivity index (χ2v) is 10.4. The third kappa shape index (κ3) is 4.57. The second kappa shape index (κ2) is 10.2. The van der Waals surface area contributed by atoms with Crippen LogP contribution in [0.2, 0.25) is 5.02 Å². The maximum Gasteiger partial charge on any atom is 0.289 e. The highest BCUT2D eigenvalue weighted by atomic mass is 35.5. The van der Waals surface area contributed by atoms with Crippen LogP contribution in [0.15, 0.2) is 65.3 Å². The molecule has 3 aromatic rings. The summed E-state index contributed by atoms with van der Waals surface area (Å²) in [6.07, 6.45) is 3.01. The number of anilines is 2. The molecule has 2 aromatic carbocycles. The molecular weight excluding hydrogens is 520 g/mol. The lowest BCUT2D eigenvalue weighted by molar-refractivity contribution is -0.137. The van der Waals surface area contributed by atoms with E-state index >= 15 is 0 Å². The molecule has 0 aliphatic carbocycles. The molecule has 0 N–H and O–H groups in total. The molecule has 6 rings (SSSR count). The van der Waals surface area contributed by atoms with Crippen molar-refractivity contribution in [1.29, 1.82) is 0 Å². The van der Waals surface area contributed by atoms with Crippen LogP contribution >= 0.6 is 11.6 Å². The topological polar surface area (TPSA) is 94.4 Å². The van der Waals surface area contributed by atoms with Gasteiger partial charge in [0.25, 0.3) is 17.7 Å². The molecule has 10 heteroatoms. The first-order chi connectivity index (χ1) is 18.9. The zero-order valence-corrected chi connectivity index (χ0v) is 22.0. The lowest BCUT2D eigenvalue weighted by Gasteiger charge is -2.39. The molecule has 0 spiro atoms. The van der Waals surface area contributed by atoms with E-state index in [0.29, 0.717) is 72.6 Å². The molecule has 0 saturated carbocycles. The fourth-order valence-corrected chi connectivity index (χ4v) is 5.91. The zero-order chi connectivity index (χ0) is 27.1. The van der Waals surface area contributed by atoms with Gasteiger partial charge in [-0.1, -0.05) is 23.7 Å². The average molecular weight is 547 g/mol. The van der Waals surface area contributed by atoms with Crippen LogP contribution in [0.25, 0.3) is 0 Å². The molecule has 1 atom stereocenters. The molecule has 4 heterocycles. The average Bonchev–Trinajstić information content (AvgIpc) is 3.59. The Morgan fingerprint density at radius 1 is 0.872 bits per heavy atom. The molecule has 39 heavy (non-hydrogen) atoms. The van der Waals surface area contributed by atoms with Crippen molar-refractivity contribution in [2.45, 2.75) is 12.8 Å². The number of amides is 4. The molecule has 200 valence electrons. The first kappa shape index (κ1) is 25.2. The van der Waals surface area contributed by atoms with Gasteiger partial charge in [-0.3, -0.25) is 19.2 Å². The smallest absolute Gasteiger partial charge is 0.289 e. The Balaban J connectivity index is 1.16. The van der Waals surface area contributed by atoms with Gasteiger partial charge in [-0.15, -0.1) is 0 Å². The van der Waals surface area contributed by atoms with Crippen LogP contribution in [0.3, 0.4) is 0 Å². The Kier molecular flexibility index (Phi) is 6.60. The van der Waals surface area contributed by atoms with E-state index in [0.717, 1.165) is 17.7 Å². The number of halogens is 1. The second-order valence-electron chi connectivity index (χ2n) is 10.0. The van der Waals surface area contributed by atoms with Gasteiger partial charge in [0.05, 0.1) is 34.7 Å². The number of piperidine rings is 1. The van der Waals surface area contributed by atoms with E-state index in [9.17, 15) is 19.2 Å². The summed E-state index contributed by atoms with van der Waals surface area (Å²) in [6.45, 7) is 2.96. The van der Waals surface area contributed by atoms with Crippen molar-refractivity contribution in [3.8, 4) is 0 Å². The number of furan rings is 1. The summed E-state index contributed by atoms with van der Waals surface area (Å²) in [5.41, 5.74) is 1.81. The van der Waals surface area contributed by atoms with E-state index in [4.69, 9.17) is 16.0 Å². The van der Waals surface area contributed by atoms with Crippen LogP contribution in [0, 0.1) is 5.92 Å². The molecule has 9 nitrogen and oxygen atoms in total. The Hall–Kier alpha value is -4.11. The zero-order valence-electron chi connectivity index (χ0n) is 21.2. The third-order valence-corrected chi connectivity index (χ3v) is 7.92. The highest BCUT2D eigenvalue weighted by molar-refractivity contribution is 6.37. The maximum absolute atomic E-state index is 13.5. The number of imide groups is 1. The van der Waals surface area contributed by atoms with Crippen molar-refractivity contribution in [1.82, 2.24) is 9.80 Å². The van der Waals surface area contributed by atoms with Crippen molar-refractivity contribution >= 4 is 46.6 Å². The van der Waals surface area contributed by atoms with Crippen LogP contribution in [0.4, 0.5) is 11.4 Å². The Morgan fingerprint density at radius 3 is 2.38 bits per heavy atom. The number of piperazine rings is 1. The number of hydrogen-bond donors (Lipinski definition) is 0. The molecule has 3 aliphatic heterocycles. The summed E-state index contributed by atoms with van der Waals surface area (Å²) >= 11 is 6.12. The van der Waals surface area contributed by atoms with Gasteiger partial charge in [0.2, 0.25) is 5.91 Å². The molecular formula is C29H27ClN4O5. The number of carbonyl (C=O) groups is 4. The highest BCUT2D eigenvalue weighted by Gasteiger charge is 2.41. The predicted molar refractivity (Wildman–Crippen MR) is 145 cm³/mol. The number of hydrogen-bond acceptors (Lipinski definition) is 6. The Bertz CT molecular complexity index is 1450. The van der Waals surface area contributed by atoms with Crippen LogP contribution in [0.5, 0.6) is 0 Å². The van der Waals surface area contributed by atoms with Gasteiger partial charge in [0.15, 0.2) is 5.76 Å². The lowest BCUT2D eigenvalue weighted by atomic mass is 9.94. The number of benzene rings is 2. The van der Waals surface area contributed by atoms with Crippen molar-refractivity contribution in [2.75, 3.05) is 49.1 Å². The molecule has 0 bridgehead atoms. The van der Waals surface area contributed by atoms with E-state index in [-0.39, 0.29) is 23.6 Å². The molecule has 4 amide bonds. The summed E-state index contributed by atoms with van der Waals surface area (Å²) < 4.78 is 5.22. The fraction of sp³-hybridized carbons (Fsp3) is 0.310. The minimum absolute atomic E-state index is 0.0559. The van der Waals surface area contributed by atoms with Gasteiger partial charge < -0.3 is 19.1 Å². The quantitative estimate of drug-likeness (QED) is 0.460. The SMILES string of the molecule is O=C(c1ccco1)N1CCN(C(=O)[C@H]2CCCN(c3cccc4c3C(=O)N(c3cccc(Cl)c3)C4=O)C2)CC1. The minimum atomic E-state index is -0.390. The largest absolute Gasteiger partial charge is 0.459 e. The third-order valence-electron chi connectivity index (χ3n) is 7.68. The Morgan fingerprint density at radius 2 is 1.64 bits per heavy atom. The van der Waals surface area contributed by atoms with Gasteiger partial charge in [-0.2, -0.15) is 0 Å². The normalized spacial score (nSPS) is 19.5. The molecule has 0 unspecified atom stereocenters. The first-order valence-corrected chi connectivity index (χ1v) is 13.4. The fourth-order valence-electron chi connectivity index (χ4n) is 5.72. The van der Waals surface area contributed by atoms with Crippen LogP contribution < -0.4 is 9.80 Å². The van der Waals surface area contributed by atoms with Gasteiger partial charge >= 0.3 is 0 Å². The molecule has 0 radical (unpaired) electrons. The summed E-state index contributed by atoms with van der Waals surface area (Å²) in [5.74, 6) is -0.821. The monoisotopic (exact) mass is 546 g/mol. The summed E-state index contributed by atoms with van der Waals surface area (Å²) in [6, 6.07) is 15.3. The molecule has 1 aromatic heterocycles. The standard InChI is InChI=1S/C29H27ClN4O5/c30-20-6-1-7-21(17-20)34-27(36)22-8-2-9-23(25(22)29(34)38)33-11-3-5-19(18-33)26(35)31-12-14-32(15-13-31)28(37)24-10-4-16-39-24/h1-2,4,6-10,16-17,19H,3,5,11-15,18H2/t19-/m0/s1. The van der Waals surface area contributed by atoms with Crippen LogP contribution in [-0.2, 0) is 4.79 Å². The van der Waals surface area contributed by atoms with E-state index in [1.807, 2.05) is 15.9 Å². The van der Waals surface area contributed by atoms with E-state index < -0.39 is 5.91 Å². The number of fused-ring (bicyclic) bond motifs is 1. The minimum Gasteiger partial charge on any atom is -0.459 e. The first-order valence-electron chi connectivity index (χ1n) is 13.1. The number of rotatable bonds is 4. The number of carbonyl (C=O) groups excluding carboxylic acids is 4. The van der Waals surface area contributed by atoms with Gasteiger partial charge in [-0.25, -0.2) is 4.90 Å². The van der Waals surface area contributed by atoms with Crippen LogP contribution in [0.1, 0.15) is 44.1 Å².